The van der Waals surface area contributed by atoms with Crippen LogP contribution in [0.4, 0.5) is 0 Å². The summed E-state index contributed by atoms with van der Waals surface area (Å²) in [7, 11) is 0. The maximum Gasteiger partial charge on any atom is 0.247 e. The van der Waals surface area contributed by atoms with Crippen LogP contribution in [0.5, 0.6) is 0 Å². The first-order chi connectivity index (χ1) is 18.7. The Morgan fingerprint density at radius 1 is 1.21 bits per heavy atom. The van der Waals surface area contributed by atoms with Crippen molar-refractivity contribution in [2.45, 2.75) is 66.6 Å². The van der Waals surface area contributed by atoms with Crippen molar-refractivity contribution in [1.82, 2.24) is 14.7 Å². The monoisotopic (exact) mass is 617 g/mol. The molecular formula is C30H40BrN3O4S. The zero-order chi connectivity index (χ0) is 28.5. The number of amides is 3. The Kier molecular flexibility index (Phi) is 9.33. The van der Waals surface area contributed by atoms with Crippen LogP contribution < -0.4 is 0 Å². The first-order valence-corrected chi connectivity index (χ1v) is 15.6. The quantitative estimate of drug-likeness (QED) is 0.283. The van der Waals surface area contributed by atoms with Gasteiger partial charge in [-0.1, -0.05) is 65.3 Å². The molecule has 3 fully saturated rings. The molecule has 4 rings (SSSR count). The van der Waals surface area contributed by atoms with Gasteiger partial charge < -0.3 is 19.8 Å². The van der Waals surface area contributed by atoms with Gasteiger partial charge in [-0.15, -0.1) is 24.9 Å². The molecule has 9 heteroatoms. The van der Waals surface area contributed by atoms with Crippen LogP contribution in [-0.2, 0) is 14.4 Å². The number of thioether (sulfide) groups is 1. The maximum absolute atomic E-state index is 14.6. The average molecular weight is 619 g/mol. The summed E-state index contributed by atoms with van der Waals surface area (Å²) in [6.45, 7) is 14.6. The Morgan fingerprint density at radius 3 is 2.44 bits per heavy atom. The fourth-order valence-corrected chi connectivity index (χ4v) is 10.4. The number of fused-ring (bicyclic) bond motifs is 1. The summed E-state index contributed by atoms with van der Waals surface area (Å²) in [5.74, 6) is -1.65. The van der Waals surface area contributed by atoms with Crippen LogP contribution in [0.25, 0.3) is 0 Å². The van der Waals surface area contributed by atoms with E-state index in [1.807, 2.05) is 51.1 Å². The summed E-state index contributed by atoms with van der Waals surface area (Å²) in [6.07, 6.45) is 4.81. The minimum absolute atomic E-state index is 0.0147. The SMILES string of the molecule is C=CCN(CCC)C(=O)[C@H]1[C@H]2C(=O)N([C@H](CO)c3ccccc3)C(C(=O)N(CC=C)C(C)C)C23CC(Br)[C@@H]1S3. The molecule has 0 saturated carbocycles. The molecule has 7 atom stereocenters. The highest BCUT2D eigenvalue weighted by molar-refractivity contribution is 9.09. The molecule has 3 aliphatic rings. The molecule has 1 aromatic carbocycles. The van der Waals surface area contributed by atoms with E-state index in [-0.39, 0.29) is 40.4 Å². The van der Waals surface area contributed by atoms with Gasteiger partial charge in [-0.3, -0.25) is 14.4 Å². The van der Waals surface area contributed by atoms with Crippen LogP contribution >= 0.6 is 27.7 Å². The molecule has 1 aromatic rings. The Morgan fingerprint density at radius 2 is 1.87 bits per heavy atom. The highest BCUT2D eigenvalue weighted by Gasteiger charge is 2.76. The number of hydrogen-bond donors (Lipinski definition) is 1. The van der Waals surface area contributed by atoms with Gasteiger partial charge in [0.25, 0.3) is 0 Å². The van der Waals surface area contributed by atoms with Crippen molar-refractivity contribution in [3.8, 4) is 0 Å². The van der Waals surface area contributed by atoms with Crippen LogP contribution in [0.2, 0.25) is 0 Å². The van der Waals surface area contributed by atoms with Crippen molar-refractivity contribution in [1.29, 1.82) is 0 Å². The standard InChI is InChI=1S/C30H40BrN3O4S/c1-6-14-32(15-7-2)27(36)23-24-28(37)34(22(18-35)20-12-10-9-11-13-20)26(29(38)33(16-8-3)19(4)5)30(24)17-21(31)25(23)39-30/h6,8-13,19,21-26,35H,1,3,7,14-18H2,2,4-5H3/t21?,22-,23+,24+,25+,26?,30?/m1/s1. The molecule has 1 spiro atoms. The van der Waals surface area contributed by atoms with Gasteiger partial charge in [0.15, 0.2) is 0 Å². The number of alkyl halides is 1. The third-order valence-electron chi connectivity index (χ3n) is 8.33. The molecular weight excluding hydrogens is 578 g/mol. The molecule has 0 aromatic heterocycles. The van der Waals surface area contributed by atoms with Crippen LogP contribution in [0, 0.1) is 11.8 Å². The zero-order valence-corrected chi connectivity index (χ0v) is 25.4. The van der Waals surface area contributed by atoms with E-state index >= 15 is 0 Å². The highest BCUT2D eigenvalue weighted by atomic mass is 79.9. The molecule has 3 saturated heterocycles. The lowest BCUT2D eigenvalue weighted by molar-refractivity contribution is -0.147. The summed E-state index contributed by atoms with van der Waals surface area (Å²) >= 11 is 5.47. The number of aliphatic hydroxyl groups is 1. The van der Waals surface area contributed by atoms with Crippen molar-refractivity contribution < 1.29 is 19.5 Å². The predicted octanol–water partition coefficient (Wildman–Crippen LogP) is 4.03. The summed E-state index contributed by atoms with van der Waals surface area (Å²) in [5.41, 5.74) is 0.763. The number of hydrogen-bond acceptors (Lipinski definition) is 5. The number of benzene rings is 1. The normalized spacial score (nSPS) is 29.8. The van der Waals surface area contributed by atoms with Crippen LogP contribution in [0.3, 0.4) is 0 Å². The number of likely N-dealkylation sites (tertiary alicyclic amines) is 1. The van der Waals surface area contributed by atoms with Gasteiger partial charge >= 0.3 is 0 Å². The molecule has 39 heavy (non-hydrogen) atoms. The van der Waals surface area contributed by atoms with Gasteiger partial charge in [-0.2, -0.15) is 0 Å². The molecule has 7 nitrogen and oxygen atoms in total. The van der Waals surface area contributed by atoms with E-state index in [1.165, 1.54) is 0 Å². The van der Waals surface area contributed by atoms with Crippen LogP contribution in [-0.4, -0.2) is 90.7 Å². The lowest BCUT2D eigenvalue weighted by atomic mass is 9.70. The van der Waals surface area contributed by atoms with Crippen molar-refractivity contribution in [3.63, 3.8) is 0 Å². The molecule has 3 unspecified atom stereocenters. The number of halogens is 1. The molecule has 212 valence electrons. The molecule has 1 N–H and O–H groups in total. The van der Waals surface area contributed by atoms with Crippen molar-refractivity contribution in [2.24, 2.45) is 11.8 Å². The van der Waals surface area contributed by atoms with E-state index in [0.717, 1.165) is 12.0 Å². The molecule has 3 amide bonds. The molecule has 0 radical (unpaired) electrons. The summed E-state index contributed by atoms with van der Waals surface area (Å²) in [4.78, 5) is 48.3. The van der Waals surface area contributed by atoms with E-state index < -0.39 is 28.7 Å². The Labute approximate surface area is 244 Å². The third kappa shape index (κ3) is 4.99. The minimum atomic E-state index is -0.818. The van der Waals surface area contributed by atoms with Gasteiger partial charge in [-0.05, 0) is 32.3 Å². The second-order valence-electron chi connectivity index (χ2n) is 11.0. The second-order valence-corrected chi connectivity index (χ2v) is 13.7. The molecule has 0 aliphatic carbocycles. The zero-order valence-electron chi connectivity index (χ0n) is 23.0. The molecule has 2 bridgehead atoms. The summed E-state index contributed by atoms with van der Waals surface area (Å²) in [6, 6.07) is 7.74. The van der Waals surface area contributed by atoms with E-state index in [1.54, 1.807) is 38.6 Å². The smallest absolute Gasteiger partial charge is 0.247 e. The number of rotatable bonds is 12. The van der Waals surface area contributed by atoms with E-state index in [2.05, 4.69) is 29.1 Å². The Hall–Kier alpha value is -2.10. The molecule has 3 heterocycles. The van der Waals surface area contributed by atoms with E-state index in [4.69, 9.17) is 0 Å². The van der Waals surface area contributed by atoms with Gasteiger partial charge in [0, 0.05) is 35.8 Å². The third-order valence-corrected chi connectivity index (χ3v) is 11.5. The average Bonchev–Trinajstić information content (AvgIpc) is 3.51. The highest BCUT2D eigenvalue weighted by Crippen LogP contribution is 2.68. The van der Waals surface area contributed by atoms with Gasteiger partial charge in [0.1, 0.15) is 6.04 Å². The fourth-order valence-electron chi connectivity index (χ4n) is 6.77. The van der Waals surface area contributed by atoms with Crippen LogP contribution in [0.1, 0.15) is 45.2 Å². The first-order valence-electron chi connectivity index (χ1n) is 13.8. The first kappa shape index (κ1) is 29.9. The minimum Gasteiger partial charge on any atom is -0.394 e. The fraction of sp³-hybridized carbons (Fsp3) is 0.567. The topological polar surface area (TPSA) is 81.2 Å². The summed E-state index contributed by atoms with van der Waals surface area (Å²) < 4.78 is -0.782. The lowest BCUT2D eigenvalue weighted by Crippen LogP contribution is -2.57. The Bertz CT molecular complexity index is 1100. The second kappa shape index (κ2) is 12.2. The van der Waals surface area contributed by atoms with Crippen LogP contribution in [0.15, 0.2) is 55.6 Å². The Balaban J connectivity index is 1.87. The van der Waals surface area contributed by atoms with E-state index in [9.17, 15) is 19.5 Å². The van der Waals surface area contributed by atoms with Gasteiger partial charge in [0.2, 0.25) is 17.7 Å². The maximum atomic E-state index is 14.6. The lowest BCUT2D eigenvalue weighted by Gasteiger charge is -2.41. The van der Waals surface area contributed by atoms with Crippen molar-refractivity contribution in [2.75, 3.05) is 26.2 Å². The van der Waals surface area contributed by atoms with Crippen molar-refractivity contribution in [3.05, 3.63) is 61.2 Å². The molecule has 3 aliphatic heterocycles. The predicted molar refractivity (Wildman–Crippen MR) is 159 cm³/mol. The van der Waals surface area contributed by atoms with E-state index in [0.29, 0.717) is 26.1 Å². The van der Waals surface area contributed by atoms with Gasteiger partial charge in [0.05, 0.1) is 29.2 Å². The van der Waals surface area contributed by atoms with Crippen molar-refractivity contribution >= 4 is 45.4 Å². The van der Waals surface area contributed by atoms with Gasteiger partial charge in [-0.25, -0.2) is 0 Å². The number of carbonyl (C=O) groups is 3. The number of aliphatic hydroxyl groups excluding tert-OH is 1. The number of nitrogens with zero attached hydrogens (tertiary/aromatic N) is 3. The summed E-state index contributed by atoms with van der Waals surface area (Å²) in [5, 5.41) is 10.5. The largest absolute Gasteiger partial charge is 0.394 e. The number of carbonyl (C=O) groups excluding carboxylic acids is 3.